The van der Waals surface area contributed by atoms with Crippen LogP contribution in [0.4, 0.5) is 0 Å². The Hall–Kier alpha value is -2.00. The van der Waals surface area contributed by atoms with E-state index in [1.165, 1.54) is 32.9 Å². The van der Waals surface area contributed by atoms with Gasteiger partial charge in [-0.05, 0) is 70.1 Å². The van der Waals surface area contributed by atoms with Crippen molar-refractivity contribution in [3.8, 4) is 5.75 Å². The van der Waals surface area contributed by atoms with E-state index in [-0.39, 0.29) is 5.54 Å². The van der Waals surface area contributed by atoms with Crippen molar-refractivity contribution in [2.24, 2.45) is 5.92 Å². The fraction of sp³-hybridized carbons (Fsp3) is 0.478. The van der Waals surface area contributed by atoms with Crippen molar-refractivity contribution in [1.29, 1.82) is 0 Å². The molecule has 3 aliphatic rings. The second kappa shape index (κ2) is 4.28. The van der Waals surface area contributed by atoms with E-state index in [2.05, 4.69) is 62.6 Å². The van der Waals surface area contributed by atoms with Gasteiger partial charge >= 0.3 is 0 Å². The minimum Gasteiger partial charge on any atom is -0.484 e. The van der Waals surface area contributed by atoms with Gasteiger partial charge in [0.25, 0.3) is 0 Å². The van der Waals surface area contributed by atoms with Crippen LogP contribution in [0, 0.1) is 12.8 Å². The van der Waals surface area contributed by atoms with Crippen molar-refractivity contribution < 1.29 is 9.84 Å². The molecule has 1 aromatic heterocycles. The SMILES string of the molecule is Cc1cc2c3ccccc3n3c2c2c1OC1(C)CC2C(CC1O)C3(C)C. The Kier molecular flexibility index (Phi) is 2.49. The zero-order chi connectivity index (χ0) is 18.0. The van der Waals surface area contributed by atoms with Gasteiger partial charge in [-0.15, -0.1) is 0 Å². The van der Waals surface area contributed by atoms with Gasteiger partial charge in [-0.25, -0.2) is 0 Å². The third-order valence-electron chi connectivity index (χ3n) is 7.62. The van der Waals surface area contributed by atoms with Crippen LogP contribution in [0.3, 0.4) is 0 Å². The van der Waals surface area contributed by atoms with Crippen molar-refractivity contribution in [2.75, 3.05) is 0 Å². The summed E-state index contributed by atoms with van der Waals surface area (Å²) in [5.74, 6) is 1.91. The Morgan fingerprint density at radius 2 is 1.92 bits per heavy atom. The van der Waals surface area contributed by atoms with Crippen LogP contribution in [-0.4, -0.2) is 21.4 Å². The summed E-state index contributed by atoms with van der Waals surface area (Å²) in [6, 6.07) is 11.0. The van der Waals surface area contributed by atoms with Gasteiger partial charge in [0.15, 0.2) is 0 Å². The van der Waals surface area contributed by atoms with Gasteiger partial charge in [0.05, 0.1) is 11.6 Å². The van der Waals surface area contributed by atoms with Crippen LogP contribution in [0.1, 0.15) is 50.7 Å². The largest absolute Gasteiger partial charge is 0.484 e. The molecule has 0 saturated heterocycles. The molecule has 4 unspecified atom stereocenters. The summed E-state index contributed by atoms with van der Waals surface area (Å²) in [6.45, 7) is 8.97. The van der Waals surface area contributed by atoms with E-state index >= 15 is 0 Å². The first kappa shape index (κ1) is 15.1. The lowest BCUT2D eigenvalue weighted by atomic mass is 9.59. The highest BCUT2D eigenvalue weighted by Crippen LogP contribution is 2.62. The van der Waals surface area contributed by atoms with Gasteiger partial charge in [0.2, 0.25) is 0 Å². The van der Waals surface area contributed by atoms with Gasteiger partial charge in [0, 0.05) is 27.4 Å². The Morgan fingerprint density at radius 1 is 1.15 bits per heavy atom. The highest BCUT2D eigenvalue weighted by Gasteiger charge is 2.57. The monoisotopic (exact) mass is 347 g/mol. The summed E-state index contributed by atoms with van der Waals surface area (Å²) < 4.78 is 9.06. The molecule has 3 heterocycles. The molecule has 1 fully saturated rings. The van der Waals surface area contributed by atoms with E-state index in [0.29, 0.717) is 11.8 Å². The molecule has 134 valence electrons. The van der Waals surface area contributed by atoms with Gasteiger partial charge < -0.3 is 14.4 Å². The smallest absolute Gasteiger partial charge is 0.133 e. The number of fused-ring (bicyclic) bond motifs is 4. The third-order valence-corrected chi connectivity index (χ3v) is 7.62. The summed E-state index contributed by atoms with van der Waals surface area (Å²) in [5, 5.41) is 13.7. The molecule has 26 heavy (non-hydrogen) atoms. The first-order valence-electron chi connectivity index (χ1n) is 9.77. The number of ether oxygens (including phenoxy) is 1. The molecule has 6 rings (SSSR count). The number of rotatable bonds is 0. The number of aromatic nitrogens is 1. The van der Waals surface area contributed by atoms with Crippen molar-refractivity contribution >= 4 is 21.8 Å². The van der Waals surface area contributed by atoms with Crippen LogP contribution in [-0.2, 0) is 5.54 Å². The molecule has 3 nitrogen and oxygen atoms in total. The van der Waals surface area contributed by atoms with Crippen LogP contribution in [0.2, 0.25) is 0 Å². The maximum atomic E-state index is 11.0. The van der Waals surface area contributed by atoms with E-state index in [1.807, 2.05) is 0 Å². The topological polar surface area (TPSA) is 34.4 Å². The fourth-order valence-electron chi connectivity index (χ4n) is 6.32. The lowest BCUT2D eigenvalue weighted by Crippen LogP contribution is -2.59. The highest BCUT2D eigenvalue weighted by molar-refractivity contribution is 6.11. The van der Waals surface area contributed by atoms with E-state index in [9.17, 15) is 5.11 Å². The molecule has 0 radical (unpaired) electrons. The summed E-state index contributed by atoms with van der Waals surface area (Å²) in [6.07, 6.45) is 1.29. The average molecular weight is 347 g/mol. The van der Waals surface area contributed by atoms with Crippen molar-refractivity contribution in [2.45, 2.75) is 63.7 Å². The minimum atomic E-state index is -0.461. The summed E-state index contributed by atoms with van der Waals surface area (Å²) in [5.41, 5.74) is 4.75. The standard InChI is InChI=1S/C23H25NO2/c1-12-9-14-13-7-5-6-8-17(13)24-20(14)19-15-11-23(4,26-21(12)19)18(25)10-16(15)22(24,2)3/h5-9,15-16,18,25H,10-11H2,1-4H3. The van der Waals surface area contributed by atoms with Crippen LogP contribution >= 0.6 is 0 Å². The zero-order valence-electron chi connectivity index (χ0n) is 15.8. The van der Waals surface area contributed by atoms with Crippen molar-refractivity contribution in [3.63, 3.8) is 0 Å². The highest BCUT2D eigenvalue weighted by atomic mass is 16.5. The normalized spacial score (nSPS) is 33.7. The average Bonchev–Trinajstić information content (AvgIpc) is 2.92. The van der Waals surface area contributed by atoms with E-state index < -0.39 is 11.7 Å². The Bertz CT molecular complexity index is 1110. The van der Waals surface area contributed by atoms with Gasteiger partial charge in [-0.2, -0.15) is 0 Å². The lowest BCUT2D eigenvalue weighted by Gasteiger charge is -2.57. The number of aliphatic hydroxyl groups excluding tert-OH is 1. The van der Waals surface area contributed by atoms with Gasteiger partial charge in [-0.3, -0.25) is 0 Å². The van der Waals surface area contributed by atoms with Crippen LogP contribution in [0.5, 0.6) is 5.75 Å². The molecular formula is C23H25NO2. The molecule has 1 N–H and O–H groups in total. The molecule has 2 bridgehead atoms. The maximum Gasteiger partial charge on any atom is 0.133 e. The van der Waals surface area contributed by atoms with Gasteiger partial charge in [-0.1, -0.05) is 18.2 Å². The Balaban J connectivity index is 1.87. The first-order chi connectivity index (χ1) is 12.3. The lowest BCUT2D eigenvalue weighted by molar-refractivity contribution is -0.117. The number of aliphatic hydroxyl groups is 1. The first-order valence-corrected chi connectivity index (χ1v) is 9.77. The number of hydrogen-bond donors (Lipinski definition) is 1. The van der Waals surface area contributed by atoms with E-state index in [1.54, 1.807) is 0 Å². The molecule has 1 aliphatic carbocycles. The number of para-hydroxylation sites is 1. The zero-order valence-corrected chi connectivity index (χ0v) is 15.8. The van der Waals surface area contributed by atoms with Crippen molar-refractivity contribution in [3.05, 3.63) is 41.5 Å². The molecule has 0 spiro atoms. The van der Waals surface area contributed by atoms with Crippen LogP contribution < -0.4 is 4.74 Å². The third kappa shape index (κ3) is 1.48. The predicted octanol–water partition coefficient (Wildman–Crippen LogP) is 4.86. The quantitative estimate of drug-likeness (QED) is 0.630. The Labute approximate surface area is 153 Å². The van der Waals surface area contributed by atoms with E-state index in [4.69, 9.17) is 4.74 Å². The molecule has 3 aromatic rings. The summed E-state index contributed by atoms with van der Waals surface area (Å²) >= 11 is 0. The fourth-order valence-corrected chi connectivity index (χ4v) is 6.32. The molecule has 2 aromatic carbocycles. The van der Waals surface area contributed by atoms with Gasteiger partial charge in [0.1, 0.15) is 11.4 Å². The molecule has 1 saturated carbocycles. The second-order valence-electron chi connectivity index (χ2n) is 9.42. The van der Waals surface area contributed by atoms with Crippen LogP contribution in [0.25, 0.3) is 21.8 Å². The molecule has 3 heteroatoms. The number of nitrogens with zero attached hydrogens (tertiary/aromatic N) is 1. The minimum absolute atomic E-state index is 0.0365. The molecule has 2 aliphatic heterocycles. The summed E-state index contributed by atoms with van der Waals surface area (Å²) in [4.78, 5) is 0. The Morgan fingerprint density at radius 3 is 2.73 bits per heavy atom. The second-order valence-corrected chi connectivity index (χ2v) is 9.42. The molecule has 0 amide bonds. The maximum absolute atomic E-state index is 11.0. The molecule has 4 atom stereocenters. The van der Waals surface area contributed by atoms with Crippen molar-refractivity contribution in [1.82, 2.24) is 4.57 Å². The van der Waals surface area contributed by atoms with Crippen LogP contribution in [0.15, 0.2) is 30.3 Å². The van der Waals surface area contributed by atoms with E-state index in [0.717, 1.165) is 18.6 Å². The number of aryl methyl sites for hydroxylation is 1. The summed E-state index contributed by atoms with van der Waals surface area (Å²) in [7, 11) is 0. The molecular weight excluding hydrogens is 322 g/mol. The number of benzene rings is 2. The predicted molar refractivity (Wildman–Crippen MR) is 104 cm³/mol. The number of hydrogen-bond acceptors (Lipinski definition) is 2.